The van der Waals surface area contributed by atoms with E-state index in [0.717, 1.165) is 22.0 Å². The van der Waals surface area contributed by atoms with Crippen molar-refractivity contribution in [2.45, 2.75) is 44.8 Å². The van der Waals surface area contributed by atoms with Gasteiger partial charge in [0.2, 0.25) is 5.91 Å². The summed E-state index contributed by atoms with van der Waals surface area (Å²) in [6, 6.07) is 15.8. The van der Waals surface area contributed by atoms with Gasteiger partial charge >= 0.3 is 0 Å². The second-order valence-electron chi connectivity index (χ2n) is 9.25. The van der Waals surface area contributed by atoms with Gasteiger partial charge in [-0.1, -0.05) is 43.0 Å². The highest BCUT2D eigenvalue weighted by Crippen LogP contribution is 2.41. The summed E-state index contributed by atoms with van der Waals surface area (Å²) >= 11 is 0. The van der Waals surface area contributed by atoms with E-state index in [0.29, 0.717) is 36.2 Å². The SMILES string of the molecule is C=C1CCC(N2C(=O)c3ccc(CNC(C)(C)c4ccccc4F)c4cccc2c34)C(=O)N1. The minimum atomic E-state index is -0.585. The minimum Gasteiger partial charge on any atom is -0.329 e. The molecule has 1 saturated heterocycles. The monoisotopic (exact) mass is 443 g/mol. The topological polar surface area (TPSA) is 61.4 Å². The summed E-state index contributed by atoms with van der Waals surface area (Å²) < 4.78 is 14.4. The highest BCUT2D eigenvalue weighted by Gasteiger charge is 2.40. The molecule has 1 unspecified atom stereocenters. The zero-order chi connectivity index (χ0) is 23.3. The van der Waals surface area contributed by atoms with Crippen molar-refractivity contribution < 1.29 is 14.0 Å². The molecule has 0 radical (unpaired) electrons. The van der Waals surface area contributed by atoms with Gasteiger partial charge in [0.15, 0.2) is 0 Å². The molecule has 5 rings (SSSR count). The van der Waals surface area contributed by atoms with E-state index >= 15 is 0 Å². The number of nitrogens with one attached hydrogen (secondary N) is 2. The smallest absolute Gasteiger partial charge is 0.259 e. The Morgan fingerprint density at radius 3 is 2.67 bits per heavy atom. The van der Waals surface area contributed by atoms with E-state index in [1.165, 1.54) is 6.07 Å². The summed E-state index contributed by atoms with van der Waals surface area (Å²) in [4.78, 5) is 27.6. The van der Waals surface area contributed by atoms with Gasteiger partial charge in [-0.05, 0) is 55.8 Å². The first-order valence-corrected chi connectivity index (χ1v) is 11.1. The van der Waals surface area contributed by atoms with Crippen molar-refractivity contribution in [3.8, 4) is 0 Å². The van der Waals surface area contributed by atoms with Crippen molar-refractivity contribution in [2.24, 2.45) is 0 Å². The van der Waals surface area contributed by atoms with Gasteiger partial charge in [-0.25, -0.2) is 4.39 Å². The van der Waals surface area contributed by atoms with Crippen LogP contribution in [0.1, 0.15) is 48.2 Å². The van der Waals surface area contributed by atoms with E-state index in [9.17, 15) is 14.0 Å². The highest BCUT2D eigenvalue weighted by atomic mass is 19.1. The third kappa shape index (κ3) is 3.51. The van der Waals surface area contributed by atoms with Crippen molar-refractivity contribution in [2.75, 3.05) is 4.90 Å². The van der Waals surface area contributed by atoms with Gasteiger partial charge in [0.05, 0.1) is 5.69 Å². The van der Waals surface area contributed by atoms with Crippen LogP contribution in [0.4, 0.5) is 10.1 Å². The van der Waals surface area contributed by atoms with Crippen LogP contribution in [0.3, 0.4) is 0 Å². The number of amides is 2. The van der Waals surface area contributed by atoms with E-state index < -0.39 is 11.6 Å². The second kappa shape index (κ2) is 7.81. The Morgan fingerprint density at radius 2 is 1.91 bits per heavy atom. The average Bonchev–Trinajstić information content (AvgIpc) is 3.07. The Balaban J connectivity index is 1.49. The lowest BCUT2D eigenvalue weighted by Crippen LogP contribution is -2.51. The first-order chi connectivity index (χ1) is 15.8. The number of rotatable bonds is 5. The third-order valence-electron chi connectivity index (χ3n) is 6.72. The van der Waals surface area contributed by atoms with Crippen LogP contribution in [0.5, 0.6) is 0 Å². The summed E-state index contributed by atoms with van der Waals surface area (Å²) in [5, 5.41) is 8.08. The van der Waals surface area contributed by atoms with E-state index in [1.807, 2.05) is 50.2 Å². The van der Waals surface area contributed by atoms with Gasteiger partial charge < -0.3 is 10.6 Å². The van der Waals surface area contributed by atoms with Crippen LogP contribution in [0.15, 0.2) is 66.9 Å². The maximum absolute atomic E-state index is 14.4. The first kappa shape index (κ1) is 21.3. The summed E-state index contributed by atoms with van der Waals surface area (Å²) in [6.45, 7) is 8.24. The van der Waals surface area contributed by atoms with Crippen molar-refractivity contribution >= 4 is 28.3 Å². The zero-order valence-electron chi connectivity index (χ0n) is 18.7. The molecule has 0 aromatic heterocycles. The summed E-state index contributed by atoms with van der Waals surface area (Å²) in [5.41, 5.74) is 3.08. The maximum atomic E-state index is 14.4. The average molecular weight is 444 g/mol. The number of anilines is 1. The molecule has 0 saturated carbocycles. The Kier molecular flexibility index (Phi) is 5.05. The lowest BCUT2D eigenvalue weighted by atomic mass is 9.92. The number of benzene rings is 3. The fourth-order valence-corrected chi connectivity index (χ4v) is 4.92. The van der Waals surface area contributed by atoms with Crippen LogP contribution in [0, 0.1) is 5.82 Å². The first-order valence-electron chi connectivity index (χ1n) is 11.1. The van der Waals surface area contributed by atoms with Gasteiger partial charge in [0, 0.05) is 34.3 Å². The standard InChI is InChI=1S/C27H26FN3O2/c1-16-11-14-23(25(32)30-16)31-22-10-6-7-18-17(12-13-19(24(18)22)26(31)33)15-29-27(2,3)20-8-4-5-9-21(20)28/h4-10,12-13,23,29H,1,11,14-15H2,2-3H3,(H,30,32). The van der Waals surface area contributed by atoms with Crippen LogP contribution in [0.25, 0.3) is 10.8 Å². The molecular formula is C27H26FN3O2. The Hall–Kier alpha value is -3.51. The largest absolute Gasteiger partial charge is 0.329 e. The molecule has 0 aliphatic carbocycles. The number of halogens is 1. The molecule has 0 spiro atoms. The molecule has 168 valence electrons. The molecule has 1 fully saturated rings. The number of hydrogen-bond donors (Lipinski definition) is 2. The van der Waals surface area contributed by atoms with Gasteiger partial charge in [-0.2, -0.15) is 0 Å². The number of hydrogen-bond acceptors (Lipinski definition) is 3. The van der Waals surface area contributed by atoms with E-state index in [1.54, 1.807) is 17.0 Å². The van der Waals surface area contributed by atoms with E-state index in [2.05, 4.69) is 17.2 Å². The molecular weight excluding hydrogens is 417 g/mol. The molecule has 2 aliphatic heterocycles. The number of carbonyl (C=O) groups excluding carboxylic acids is 2. The molecule has 0 bridgehead atoms. The Bertz CT molecular complexity index is 1310. The molecule has 6 heteroatoms. The van der Waals surface area contributed by atoms with Crippen molar-refractivity contribution in [3.63, 3.8) is 0 Å². The molecule has 2 N–H and O–H groups in total. The number of carbonyl (C=O) groups is 2. The predicted molar refractivity (Wildman–Crippen MR) is 127 cm³/mol. The lowest BCUT2D eigenvalue weighted by Gasteiger charge is -2.31. The Labute approximate surface area is 192 Å². The molecule has 2 heterocycles. The molecule has 2 amide bonds. The van der Waals surface area contributed by atoms with Gasteiger partial charge in [-0.3, -0.25) is 14.5 Å². The number of nitrogens with zero attached hydrogens (tertiary/aromatic N) is 1. The van der Waals surface area contributed by atoms with Crippen LogP contribution in [-0.4, -0.2) is 17.9 Å². The molecule has 5 nitrogen and oxygen atoms in total. The zero-order valence-corrected chi connectivity index (χ0v) is 18.7. The van der Waals surface area contributed by atoms with Crippen molar-refractivity contribution in [1.82, 2.24) is 10.6 Å². The van der Waals surface area contributed by atoms with Crippen LogP contribution in [0.2, 0.25) is 0 Å². The van der Waals surface area contributed by atoms with Gasteiger partial charge in [0.25, 0.3) is 5.91 Å². The number of piperidine rings is 1. The highest BCUT2D eigenvalue weighted by molar-refractivity contribution is 6.27. The van der Waals surface area contributed by atoms with E-state index in [-0.39, 0.29) is 17.6 Å². The summed E-state index contributed by atoms with van der Waals surface area (Å²) in [7, 11) is 0. The molecule has 33 heavy (non-hydrogen) atoms. The summed E-state index contributed by atoms with van der Waals surface area (Å²) in [5.74, 6) is -0.594. The maximum Gasteiger partial charge on any atom is 0.259 e. The fraction of sp³-hybridized carbons (Fsp3) is 0.259. The molecule has 3 aromatic carbocycles. The van der Waals surface area contributed by atoms with Gasteiger partial charge in [0.1, 0.15) is 11.9 Å². The normalized spacial score (nSPS) is 18.2. The van der Waals surface area contributed by atoms with Crippen LogP contribution >= 0.6 is 0 Å². The van der Waals surface area contributed by atoms with Crippen molar-refractivity contribution in [3.05, 3.63) is 89.4 Å². The molecule has 2 aliphatic rings. The quantitative estimate of drug-likeness (QED) is 0.598. The number of allylic oxidation sites excluding steroid dienone is 1. The van der Waals surface area contributed by atoms with Crippen molar-refractivity contribution in [1.29, 1.82) is 0 Å². The van der Waals surface area contributed by atoms with Crippen LogP contribution < -0.4 is 15.5 Å². The molecule has 3 aromatic rings. The van der Waals surface area contributed by atoms with Crippen LogP contribution in [-0.2, 0) is 16.9 Å². The lowest BCUT2D eigenvalue weighted by molar-refractivity contribution is -0.122. The second-order valence-corrected chi connectivity index (χ2v) is 9.25. The molecule has 1 atom stereocenters. The Morgan fingerprint density at radius 1 is 1.12 bits per heavy atom. The minimum absolute atomic E-state index is 0.153. The van der Waals surface area contributed by atoms with Gasteiger partial charge in [-0.15, -0.1) is 0 Å². The fourth-order valence-electron chi connectivity index (χ4n) is 4.92. The van der Waals surface area contributed by atoms with E-state index in [4.69, 9.17) is 0 Å². The summed E-state index contributed by atoms with van der Waals surface area (Å²) in [6.07, 6.45) is 1.19. The third-order valence-corrected chi connectivity index (χ3v) is 6.72. The predicted octanol–water partition coefficient (Wildman–Crippen LogP) is 4.76.